The molecule has 1 aromatic heterocycles. The van der Waals surface area contributed by atoms with E-state index in [1.54, 1.807) is 13.2 Å². The fraction of sp³-hybridized carbons (Fsp3) is 0.500. The first-order valence-electron chi connectivity index (χ1n) is 10.7. The molecule has 0 saturated heterocycles. The van der Waals surface area contributed by atoms with Crippen molar-refractivity contribution in [3.05, 3.63) is 36.7 Å². The molecule has 166 valence electrons. The Balaban J connectivity index is 1.63. The van der Waals surface area contributed by atoms with Gasteiger partial charge in [-0.2, -0.15) is 0 Å². The maximum absolute atomic E-state index is 12.9. The van der Waals surface area contributed by atoms with Crippen molar-refractivity contribution >= 4 is 17.7 Å². The van der Waals surface area contributed by atoms with Gasteiger partial charge in [-0.15, -0.1) is 0 Å². The Labute approximate surface area is 183 Å². The fourth-order valence-corrected chi connectivity index (χ4v) is 3.99. The van der Waals surface area contributed by atoms with Crippen molar-refractivity contribution in [1.82, 2.24) is 9.97 Å². The molecule has 1 aliphatic rings. The topological polar surface area (TPSA) is 90.4 Å². The first kappa shape index (κ1) is 22.7. The van der Waals surface area contributed by atoms with Crippen molar-refractivity contribution < 1.29 is 19.1 Å². The number of para-hydroxylation sites is 1. The molecule has 1 aromatic carbocycles. The maximum Gasteiger partial charge on any atom is 0.306 e. The Bertz CT molecular complexity index is 923. The summed E-state index contributed by atoms with van der Waals surface area (Å²) in [7, 11) is 1.61. The second-order valence-electron chi connectivity index (χ2n) is 9.00. The lowest BCUT2D eigenvalue weighted by atomic mass is 9.79. The zero-order valence-electron chi connectivity index (χ0n) is 18.7. The van der Waals surface area contributed by atoms with E-state index < -0.39 is 5.60 Å². The normalized spacial score (nSPS) is 18.8. The van der Waals surface area contributed by atoms with Crippen LogP contribution in [0.2, 0.25) is 0 Å². The highest BCUT2D eigenvalue weighted by molar-refractivity contribution is 5.92. The molecule has 1 amide bonds. The molecule has 1 fully saturated rings. The summed E-state index contributed by atoms with van der Waals surface area (Å²) >= 11 is 0. The minimum Gasteiger partial charge on any atom is -0.496 e. The van der Waals surface area contributed by atoms with E-state index >= 15 is 0 Å². The number of ether oxygens (including phenoxy) is 2. The van der Waals surface area contributed by atoms with Gasteiger partial charge in [-0.1, -0.05) is 18.6 Å². The Morgan fingerprint density at radius 2 is 1.94 bits per heavy atom. The third-order valence-corrected chi connectivity index (χ3v) is 5.33. The maximum atomic E-state index is 12.9. The number of benzene rings is 1. The van der Waals surface area contributed by atoms with Crippen LogP contribution in [-0.4, -0.2) is 34.6 Å². The monoisotopic (exact) mass is 425 g/mol. The van der Waals surface area contributed by atoms with Crippen LogP contribution in [0.25, 0.3) is 11.3 Å². The molecule has 0 spiro atoms. The van der Waals surface area contributed by atoms with E-state index in [-0.39, 0.29) is 23.7 Å². The van der Waals surface area contributed by atoms with Crippen molar-refractivity contribution in [2.24, 2.45) is 11.8 Å². The number of methoxy groups -OCH3 is 1. The molecule has 1 N–H and O–H groups in total. The molecule has 7 heteroatoms. The number of amides is 1. The van der Waals surface area contributed by atoms with Gasteiger partial charge < -0.3 is 14.8 Å². The number of nitrogens with one attached hydrogen (secondary N) is 1. The number of esters is 1. The van der Waals surface area contributed by atoms with Gasteiger partial charge in [0.25, 0.3) is 0 Å². The molecule has 1 saturated carbocycles. The minimum absolute atomic E-state index is 0.0708. The predicted octanol–water partition coefficient (Wildman–Crippen LogP) is 4.63. The second-order valence-corrected chi connectivity index (χ2v) is 9.00. The van der Waals surface area contributed by atoms with Crippen molar-refractivity contribution in [3.8, 4) is 17.0 Å². The van der Waals surface area contributed by atoms with Crippen LogP contribution in [0.4, 0.5) is 5.82 Å². The van der Waals surface area contributed by atoms with Gasteiger partial charge in [0, 0.05) is 24.0 Å². The first-order chi connectivity index (χ1) is 14.7. The van der Waals surface area contributed by atoms with Gasteiger partial charge in [-0.05, 0) is 58.1 Å². The fourth-order valence-electron chi connectivity index (χ4n) is 3.99. The molecular weight excluding hydrogens is 394 g/mol. The average Bonchev–Trinajstić information content (AvgIpc) is 2.72. The van der Waals surface area contributed by atoms with Crippen LogP contribution >= 0.6 is 0 Å². The molecule has 0 bridgehead atoms. The lowest BCUT2D eigenvalue weighted by Crippen LogP contribution is -2.31. The van der Waals surface area contributed by atoms with Crippen LogP contribution in [0.15, 0.2) is 36.7 Å². The van der Waals surface area contributed by atoms with Crippen molar-refractivity contribution in [3.63, 3.8) is 0 Å². The van der Waals surface area contributed by atoms with Crippen LogP contribution in [0, 0.1) is 11.8 Å². The summed E-state index contributed by atoms with van der Waals surface area (Å²) in [6.07, 6.45) is 5.13. The van der Waals surface area contributed by atoms with Gasteiger partial charge >= 0.3 is 5.97 Å². The Kier molecular flexibility index (Phi) is 7.25. The van der Waals surface area contributed by atoms with Gasteiger partial charge in [-0.3, -0.25) is 9.59 Å². The summed E-state index contributed by atoms with van der Waals surface area (Å²) in [6, 6.07) is 9.32. The standard InChI is InChI=1S/C24H31N3O4/c1-24(2,3)31-22(28)13-16-8-7-9-17(12-16)23(29)27-21-14-19(25-15-26-21)18-10-5-6-11-20(18)30-4/h5-6,10-11,14-17H,7-9,12-13H2,1-4H3,(H,25,26,27,29). The quantitative estimate of drug-likeness (QED) is 0.679. The number of anilines is 1. The molecule has 0 radical (unpaired) electrons. The van der Waals surface area contributed by atoms with Crippen LogP contribution in [-0.2, 0) is 14.3 Å². The zero-order valence-corrected chi connectivity index (χ0v) is 18.7. The Hall–Kier alpha value is -2.96. The molecule has 1 aliphatic carbocycles. The molecule has 2 aromatic rings. The number of carbonyl (C=O) groups excluding carboxylic acids is 2. The van der Waals surface area contributed by atoms with Gasteiger partial charge in [0.1, 0.15) is 23.5 Å². The third kappa shape index (κ3) is 6.51. The summed E-state index contributed by atoms with van der Waals surface area (Å²) in [5, 5.41) is 2.92. The van der Waals surface area contributed by atoms with E-state index in [2.05, 4.69) is 15.3 Å². The molecular formula is C24H31N3O4. The van der Waals surface area contributed by atoms with Gasteiger partial charge in [0.15, 0.2) is 0 Å². The molecule has 1 heterocycles. The van der Waals surface area contributed by atoms with Crippen molar-refractivity contribution in [1.29, 1.82) is 0 Å². The van der Waals surface area contributed by atoms with Crippen LogP contribution in [0.5, 0.6) is 5.75 Å². The van der Waals surface area contributed by atoms with E-state index in [4.69, 9.17) is 9.47 Å². The molecule has 2 atom stereocenters. The third-order valence-electron chi connectivity index (χ3n) is 5.33. The number of hydrogen-bond acceptors (Lipinski definition) is 6. The number of aromatic nitrogens is 2. The van der Waals surface area contributed by atoms with E-state index in [9.17, 15) is 9.59 Å². The number of nitrogens with zero attached hydrogens (tertiary/aromatic N) is 2. The van der Waals surface area contributed by atoms with E-state index in [1.807, 2.05) is 45.0 Å². The molecule has 3 rings (SSSR count). The smallest absolute Gasteiger partial charge is 0.306 e. The summed E-state index contributed by atoms with van der Waals surface area (Å²) in [5.74, 6) is 0.903. The van der Waals surface area contributed by atoms with Gasteiger partial charge in [-0.25, -0.2) is 9.97 Å². The average molecular weight is 426 g/mol. The molecule has 31 heavy (non-hydrogen) atoms. The first-order valence-corrected chi connectivity index (χ1v) is 10.7. The lowest BCUT2D eigenvalue weighted by molar-refractivity contribution is -0.156. The number of carbonyl (C=O) groups is 2. The van der Waals surface area contributed by atoms with E-state index in [1.165, 1.54) is 6.33 Å². The Morgan fingerprint density at radius 3 is 2.68 bits per heavy atom. The lowest BCUT2D eigenvalue weighted by Gasteiger charge is -2.29. The summed E-state index contributed by atoms with van der Waals surface area (Å²) in [4.78, 5) is 33.6. The van der Waals surface area contributed by atoms with Gasteiger partial charge in [0.05, 0.1) is 12.8 Å². The largest absolute Gasteiger partial charge is 0.496 e. The summed E-state index contributed by atoms with van der Waals surface area (Å²) in [5.41, 5.74) is 1.02. The zero-order chi connectivity index (χ0) is 22.4. The molecule has 0 aliphatic heterocycles. The minimum atomic E-state index is -0.491. The van der Waals surface area contributed by atoms with Crippen LogP contribution in [0.3, 0.4) is 0 Å². The van der Waals surface area contributed by atoms with Crippen LogP contribution < -0.4 is 10.1 Å². The molecule has 7 nitrogen and oxygen atoms in total. The highest BCUT2D eigenvalue weighted by Crippen LogP contribution is 2.33. The van der Waals surface area contributed by atoms with Crippen molar-refractivity contribution in [2.45, 2.75) is 58.5 Å². The second kappa shape index (κ2) is 9.90. The van der Waals surface area contributed by atoms with E-state index in [0.717, 1.165) is 24.8 Å². The summed E-state index contributed by atoms with van der Waals surface area (Å²) < 4.78 is 10.8. The van der Waals surface area contributed by atoms with Crippen LogP contribution in [0.1, 0.15) is 52.9 Å². The van der Waals surface area contributed by atoms with E-state index in [0.29, 0.717) is 30.1 Å². The highest BCUT2D eigenvalue weighted by Gasteiger charge is 2.30. The number of rotatable bonds is 6. The highest BCUT2D eigenvalue weighted by atomic mass is 16.6. The number of hydrogen-bond donors (Lipinski definition) is 1. The summed E-state index contributed by atoms with van der Waals surface area (Å²) in [6.45, 7) is 5.59. The predicted molar refractivity (Wildman–Crippen MR) is 119 cm³/mol. The SMILES string of the molecule is COc1ccccc1-c1cc(NC(=O)C2CCCC(CC(=O)OC(C)(C)C)C2)ncn1. The van der Waals surface area contributed by atoms with Crippen molar-refractivity contribution in [2.75, 3.05) is 12.4 Å². The molecule has 2 unspecified atom stereocenters. The Morgan fingerprint density at radius 1 is 1.16 bits per heavy atom. The van der Waals surface area contributed by atoms with Gasteiger partial charge in [0.2, 0.25) is 5.91 Å².